The molecule has 118 valence electrons. The average Bonchev–Trinajstić information content (AvgIpc) is 2.86. The van der Waals surface area contributed by atoms with Crippen LogP contribution in [0.5, 0.6) is 0 Å². The molecule has 0 amide bonds. The lowest BCUT2D eigenvalue weighted by molar-refractivity contribution is 0.441. The van der Waals surface area contributed by atoms with E-state index in [1.807, 2.05) is 0 Å². The van der Waals surface area contributed by atoms with Gasteiger partial charge in [-0.05, 0) is 32.7 Å². The third-order valence-corrected chi connectivity index (χ3v) is 9.32. The van der Waals surface area contributed by atoms with Crippen LogP contribution in [-0.4, -0.2) is 66.7 Å². The molecule has 1 aliphatic carbocycles. The molecule has 0 bridgehead atoms. The van der Waals surface area contributed by atoms with Crippen LogP contribution in [-0.2, 0) is 10.0 Å². The van der Waals surface area contributed by atoms with Crippen LogP contribution < -0.4 is 5.32 Å². The lowest BCUT2D eigenvalue weighted by Gasteiger charge is -2.29. The fourth-order valence-corrected chi connectivity index (χ4v) is 7.05. The largest absolute Gasteiger partial charge is 0.313 e. The number of sulfonamides is 1. The lowest BCUT2D eigenvalue weighted by atomic mass is 10.2. The van der Waals surface area contributed by atoms with Gasteiger partial charge in [-0.25, -0.2) is 12.7 Å². The molecule has 0 aromatic heterocycles. The van der Waals surface area contributed by atoms with Gasteiger partial charge < -0.3 is 5.32 Å². The van der Waals surface area contributed by atoms with Crippen molar-refractivity contribution in [3.8, 4) is 0 Å². The molecule has 1 saturated heterocycles. The zero-order valence-corrected chi connectivity index (χ0v) is 14.8. The predicted octanol–water partition coefficient (Wildman–Crippen LogP) is 1.63. The molecule has 1 N–H and O–H groups in total. The van der Waals surface area contributed by atoms with E-state index in [1.165, 1.54) is 28.7 Å². The number of thioether (sulfide) groups is 2. The highest BCUT2D eigenvalue weighted by Crippen LogP contribution is 2.41. The molecule has 2 fully saturated rings. The monoisotopic (exact) mass is 338 g/mol. The molecular weight excluding hydrogens is 312 g/mol. The van der Waals surface area contributed by atoms with Crippen LogP contribution in [0.15, 0.2) is 0 Å². The quantitative estimate of drug-likeness (QED) is 0.715. The van der Waals surface area contributed by atoms with Crippen molar-refractivity contribution in [2.45, 2.75) is 42.7 Å². The maximum Gasteiger partial charge on any atom is 0.213 e. The van der Waals surface area contributed by atoms with Crippen LogP contribution in [0, 0.1) is 0 Å². The van der Waals surface area contributed by atoms with Crippen molar-refractivity contribution >= 4 is 33.5 Å². The average molecular weight is 339 g/mol. The third kappa shape index (κ3) is 4.29. The summed E-state index contributed by atoms with van der Waals surface area (Å²) in [6.45, 7) is 3.23. The fourth-order valence-electron chi connectivity index (χ4n) is 2.88. The van der Waals surface area contributed by atoms with Gasteiger partial charge in [0.25, 0.3) is 0 Å². The van der Waals surface area contributed by atoms with Crippen molar-refractivity contribution in [1.82, 2.24) is 9.62 Å². The molecule has 0 radical (unpaired) electrons. The molecule has 1 saturated carbocycles. The molecule has 3 atom stereocenters. The standard InChI is InChI=1S/C13H26N2O2S3/c1-3-20(16,17)15(2)8-4-7-14-11-5-6-12-13(11)19-10-9-18-12/h11-14H,3-10H2,1-2H3/t11-,12-,13-/m1/s1. The smallest absolute Gasteiger partial charge is 0.213 e. The Hall–Kier alpha value is 0.570. The number of nitrogens with one attached hydrogen (secondary N) is 1. The summed E-state index contributed by atoms with van der Waals surface area (Å²) in [6, 6.07) is 0.630. The third-order valence-electron chi connectivity index (χ3n) is 4.15. The molecule has 4 nitrogen and oxygen atoms in total. The highest BCUT2D eigenvalue weighted by molar-refractivity contribution is 8.07. The van der Waals surface area contributed by atoms with E-state index in [9.17, 15) is 8.42 Å². The predicted molar refractivity (Wildman–Crippen MR) is 90.2 cm³/mol. The highest BCUT2D eigenvalue weighted by atomic mass is 32.2. The van der Waals surface area contributed by atoms with Crippen molar-refractivity contribution < 1.29 is 8.42 Å². The van der Waals surface area contributed by atoms with E-state index in [2.05, 4.69) is 28.8 Å². The van der Waals surface area contributed by atoms with E-state index in [0.717, 1.165) is 23.5 Å². The summed E-state index contributed by atoms with van der Waals surface area (Å²) in [5.74, 6) is 2.77. The molecule has 20 heavy (non-hydrogen) atoms. The van der Waals surface area contributed by atoms with Gasteiger partial charge in [0.05, 0.1) is 5.75 Å². The number of fused-ring (bicyclic) bond motifs is 1. The summed E-state index contributed by atoms with van der Waals surface area (Å²) >= 11 is 4.26. The normalized spacial score (nSPS) is 30.6. The van der Waals surface area contributed by atoms with Gasteiger partial charge in [-0.15, -0.1) is 0 Å². The minimum atomic E-state index is -3.02. The van der Waals surface area contributed by atoms with Crippen LogP contribution >= 0.6 is 23.5 Å². The van der Waals surface area contributed by atoms with E-state index < -0.39 is 10.0 Å². The van der Waals surface area contributed by atoms with Crippen molar-refractivity contribution in [3.05, 3.63) is 0 Å². The second kappa shape index (κ2) is 7.72. The Bertz CT molecular complexity index is 402. The zero-order chi connectivity index (χ0) is 14.6. The van der Waals surface area contributed by atoms with Gasteiger partial charge in [0, 0.05) is 41.6 Å². The Kier molecular flexibility index (Phi) is 6.53. The summed E-state index contributed by atoms with van der Waals surface area (Å²) < 4.78 is 24.8. The SMILES string of the molecule is CCS(=O)(=O)N(C)CCCN[C@@H]1CC[C@H]2SCCS[C@H]12. The van der Waals surface area contributed by atoms with Crippen LogP contribution in [0.3, 0.4) is 0 Å². The minimum Gasteiger partial charge on any atom is -0.313 e. The summed E-state index contributed by atoms with van der Waals surface area (Å²) in [4.78, 5) is 0. The first-order valence-corrected chi connectivity index (χ1v) is 11.2. The Labute approximate surface area is 131 Å². The number of rotatable bonds is 7. The molecule has 1 aliphatic heterocycles. The van der Waals surface area contributed by atoms with Crippen molar-refractivity contribution in [2.75, 3.05) is 37.4 Å². The summed E-state index contributed by atoms with van der Waals surface area (Å²) in [6.07, 6.45) is 3.50. The van der Waals surface area contributed by atoms with Crippen molar-refractivity contribution in [1.29, 1.82) is 0 Å². The molecule has 1 heterocycles. The summed E-state index contributed by atoms with van der Waals surface area (Å²) in [5, 5.41) is 5.26. The van der Waals surface area contributed by atoms with Crippen LogP contribution in [0.25, 0.3) is 0 Å². The Morgan fingerprint density at radius 3 is 2.75 bits per heavy atom. The number of hydrogen-bond acceptors (Lipinski definition) is 5. The van der Waals surface area contributed by atoms with Gasteiger partial charge in [-0.2, -0.15) is 23.5 Å². The zero-order valence-electron chi connectivity index (χ0n) is 12.4. The van der Waals surface area contributed by atoms with Gasteiger partial charge in [0.2, 0.25) is 10.0 Å². The molecule has 0 aromatic rings. The summed E-state index contributed by atoms with van der Waals surface area (Å²) in [7, 11) is -1.34. The second-order valence-electron chi connectivity index (χ2n) is 5.46. The molecule has 0 aromatic carbocycles. The van der Waals surface area contributed by atoms with Crippen LogP contribution in [0.4, 0.5) is 0 Å². The van der Waals surface area contributed by atoms with E-state index in [4.69, 9.17) is 0 Å². The fraction of sp³-hybridized carbons (Fsp3) is 1.00. The molecule has 2 rings (SSSR count). The molecule has 7 heteroatoms. The number of hydrogen-bond donors (Lipinski definition) is 1. The highest BCUT2D eigenvalue weighted by Gasteiger charge is 2.38. The Morgan fingerprint density at radius 2 is 2.00 bits per heavy atom. The lowest BCUT2D eigenvalue weighted by Crippen LogP contribution is -2.40. The molecule has 2 aliphatic rings. The van der Waals surface area contributed by atoms with Gasteiger partial charge in [0.15, 0.2) is 0 Å². The Balaban J connectivity index is 1.66. The topological polar surface area (TPSA) is 49.4 Å². The second-order valence-corrected chi connectivity index (χ2v) is 10.5. The van der Waals surface area contributed by atoms with Gasteiger partial charge in [-0.1, -0.05) is 0 Å². The first-order chi connectivity index (χ1) is 9.54. The molecular formula is C13H26N2O2S3. The van der Waals surface area contributed by atoms with Gasteiger partial charge in [-0.3, -0.25) is 0 Å². The van der Waals surface area contributed by atoms with Gasteiger partial charge in [0.1, 0.15) is 0 Å². The summed E-state index contributed by atoms with van der Waals surface area (Å²) in [5.41, 5.74) is 0. The van der Waals surface area contributed by atoms with Crippen molar-refractivity contribution in [3.63, 3.8) is 0 Å². The van der Waals surface area contributed by atoms with Crippen molar-refractivity contribution in [2.24, 2.45) is 0 Å². The first kappa shape index (κ1) is 16.9. The first-order valence-electron chi connectivity index (χ1n) is 7.45. The van der Waals surface area contributed by atoms with E-state index in [1.54, 1.807) is 14.0 Å². The molecule has 0 spiro atoms. The van der Waals surface area contributed by atoms with E-state index in [-0.39, 0.29) is 5.75 Å². The molecule has 0 unspecified atom stereocenters. The van der Waals surface area contributed by atoms with Gasteiger partial charge >= 0.3 is 0 Å². The Morgan fingerprint density at radius 1 is 1.25 bits per heavy atom. The minimum absolute atomic E-state index is 0.192. The number of nitrogens with zero attached hydrogens (tertiary/aromatic N) is 1. The maximum atomic E-state index is 11.6. The van der Waals surface area contributed by atoms with Crippen LogP contribution in [0.1, 0.15) is 26.2 Å². The van der Waals surface area contributed by atoms with E-state index in [0.29, 0.717) is 12.6 Å². The van der Waals surface area contributed by atoms with E-state index >= 15 is 0 Å². The maximum absolute atomic E-state index is 11.6. The van der Waals surface area contributed by atoms with Crippen LogP contribution in [0.2, 0.25) is 0 Å².